The molecule has 0 aliphatic carbocycles. The first kappa shape index (κ1) is 17.3. The van der Waals surface area contributed by atoms with E-state index in [1.54, 1.807) is 7.11 Å². The summed E-state index contributed by atoms with van der Waals surface area (Å²) in [6, 6.07) is 7.81. The van der Waals surface area contributed by atoms with E-state index in [2.05, 4.69) is 0 Å². The van der Waals surface area contributed by atoms with Crippen molar-refractivity contribution in [1.29, 1.82) is 0 Å². The first-order chi connectivity index (χ1) is 10.7. The molecule has 4 nitrogen and oxygen atoms in total. The minimum Gasteiger partial charge on any atom is -0.385 e. The highest BCUT2D eigenvalue weighted by Crippen LogP contribution is 2.14. The van der Waals surface area contributed by atoms with E-state index in [9.17, 15) is 4.79 Å². The molecule has 1 aromatic carbocycles. The molecule has 1 aliphatic rings. The van der Waals surface area contributed by atoms with Gasteiger partial charge in [0.1, 0.15) is 0 Å². The van der Waals surface area contributed by atoms with Gasteiger partial charge in [-0.3, -0.25) is 4.79 Å². The van der Waals surface area contributed by atoms with Crippen LogP contribution in [0.15, 0.2) is 24.3 Å². The fourth-order valence-corrected chi connectivity index (χ4v) is 2.75. The Labute approximate surface area is 137 Å². The molecule has 1 aliphatic heterocycles. The van der Waals surface area contributed by atoms with Gasteiger partial charge in [0.2, 0.25) is 5.91 Å². The summed E-state index contributed by atoms with van der Waals surface area (Å²) < 4.78 is 10.7. The van der Waals surface area contributed by atoms with Gasteiger partial charge in [-0.2, -0.15) is 0 Å². The fourth-order valence-electron chi connectivity index (χ4n) is 2.62. The predicted octanol–water partition coefficient (Wildman–Crippen LogP) is 2.93. The van der Waals surface area contributed by atoms with Gasteiger partial charge in [0.15, 0.2) is 0 Å². The number of halogens is 1. The Morgan fingerprint density at radius 1 is 1.41 bits per heavy atom. The highest BCUT2D eigenvalue weighted by Gasteiger charge is 2.23. The number of benzene rings is 1. The van der Waals surface area contributed by atoms with Crippen LogP contribution in [0.5, 0.6) is 0 Å². The van der Waals surface area contributed by atoms with Gasteiger partial charge in [0.25, 0.3) is 0 Å². The number of morpholine rings is 1. The van der Waals surface area contributed by atoms with E-state index in [0.29, 0.717) is 32.7 Å². The van der Waals surface area contributed by atoms with Crippen LogP contribution >= 0.6 is 11.6 Å². The Bertz CT molecular complexity index is 463. The van der Waals surface area contributed by atoms with E-state index in [4.69, 9.17) is 21.1 Å². The molecule has 1 heterocycles. The van der Waals surface area contributed by atoms with Gasteiger partial charge >= 0.3 is 0 Å². The molecule has 0 aromatic heterocycles. The topological polar surface area (TPSA) is 38.8 Å². The van der Waals surface area contributed by atoms with Crippen molar-refractivity contribution in [2.75, 3.05) is 33.4 Å². The second-order valence-corrected chi connectivity index (χ2v) is 6.03. The molecule has 2 rings (SSSR count). The molecular weight excluding hydrogens is 302 g/mol. The average molecular weight is 326 g/mol. The lowest BCUT2D eigenvalue weighted by Crippen LogP contribution is -2.45. The number of carbonyl (C=O) groups excluding carboxylic acids is 1. The third-order valence-electron chi connectivity index (χ3n) is 3.90. The third-order valence-corrected chi connectivity index (χ3v) is 4.16. The van der Waals surface area contributed by atoms with E-state index in [-0.39, 0.29) is 12.0 Å². The monoisotopic (exact) mass is 325 g/mol. The zero-order valence-corrected chi connectivity index (χ0v) is 13.8. The number of aryl methyl sites for hydroxylation is 1. The summed E-state index contributed by atoms with van der Waals surface area (Å²) in [5.41, 5.74) is 1.22. The molecule has 0 bridgehead atoms. The molecule has 0 radical (unpaired) electrons. The Morgan fingerprint density at radius 2 is 2.18 bits per heavy atom. The first-order valence-corrected chi connectivity index (χ1v) is 8.19. The summed E-state index contributed by atoms with van der Waals surface area (Å²) in [4.78, 5) is 14.2. The van der Waals surface area contributed by atoms with Crippen LogP contribution in [-0.2, 0) is 20.7 Å². The number of ether oxygens (including phenoxy) is 2. The third kappa shape index (κ3) is 5.59. The van der Waals surface area contributed by atoms with Crippen molar-refractivity contribution >= 4 is 17.5 Å². The molecule has 0 N–H and O–H groups in total. The number of carbonyl (C=O) groups is 1. The Hall–Kier alpha value is -1.10. The van der Waals surface area contributed by atoms with Gasteiger partial charge in [0, 0.05) is 38.2 Å². The molecule has 0 spiro atoms. The van der Waals surface area contributed by atoms with Gasteiger partial charge in [-0.25, -0.2) is 0 Å². The SMILES string of the molecule is COCCC1CN(C(=O)CCCc2ccc(Cl)cc2)CCO1. The quantitative estimate of drug-likeness (QED) is 0.773. The second kappa shape index (κ2) is 9.13. The summed E-state index contributed by atoms with van der Waals surface area (Å²) in [5, 5.41) is 0.746. The lowest BCUT2D eigenvalue weighted by atomic mass is 10.1. The molecule has 0 saturated carbocycles. The van der Waals surface area contributed by atoms with E-state index in [1.807, 2.05) is 29.2 Å². The van der Waals surface area contributed by atoms with Crippen molar-refractivity contribution in [3.8, 4) is 0 Å². The Kier molecular flexibility index (Phi) is 7.16. The highest BCUT2D eigenvalue weighted by molar-refractivity contribution is 6.30. The molecule has 1 amide bonds. The highest BCUT2D eigenvalue weighted by atomic mass is 35.5. The lowest BCUT2D eigenvalue weighted by Gasteiger charge is -2.33. The summed E-state index contributed by atoms with van der Waals surface area (Å²) in [6.07, 6.45) is 3.29. The fraction of sp³-hybridized carbons (Fsp3) is 0.588. The maximum absolute atomic E-state index is 12.3. The van der Waals surface area contributed by atoms with Crippen LogP contribution in [0.2, 0.25) is 5.02 Å². The van der Waals surface area contributed by atoms with Crippen LogP contribution in [0.3, 0.4) is 0 Å². The average Bonchev–Trinajstić information content (AvgIpc) is 2.55. The van der Waals surface area contributed by atoms with Crippen molar-refractivity contribution in [3.05, 3.63) is 34.9 Å². The zero-order valence-electron chi connectivity index (χ0n) is 13.1. The largest absolute Gasteiger partial charge is 0.385 e. The van der Waals surface area contributed by atoms with Crippen LogP contribution in [0.1, 0.15) is 24.8 Å². The summed E-state index contributed by atoms with van der Waals surface area (Å²) >= 11 is 5.87. The molecule has 122 valence electrons. The van der Waals surface area contributed by atoms with Crippen LogP contribution in [0, 0.1) is 0 Å². The van der Waals surface area contributed by atoms with Crippen molar-refractivity contribution in [2.45, 2.75) is 31.8 Å². The molecular formula is C17H24ClNO3. The van der Waals surface area contributed by atoms with Crippen molar-refractivity contribution in [2.24, 2.45) is 0 Å². The standard InChI is InChI=1S/C17H24ClNO3/c1-21-11-9-16-13-19(10-12-22-16)17(20)4-2-3-14-5-7-15(18)8-6-14/h5-8,16H,2-4,9-13H2,1H3. The number of rotatable bonds is 7. The van der Waals surface area contributed by atoms with E-state index >= 15 is 0 Å². The zero-order chi connectivity index (χ0) is 15.8. The summed E-state index contributed by atoms with van der Waals surface area (Å²) in [5.74, 6) is 0.222. The van der Waals surface area contributed by atoms with Gasteiger partial charge in [-0.05, 0) is 37.0 Å². The van der Waals surface area contributed by atoms with Crippen LogP contribution < -0.4 is 0 Å². The lowest BCUT2D eigenvalue weighted by molar-refractivity contribution is -0.139. The smallest absolute Gasteiger partial charge is 0.222 e. The summed E-state index contributed by atoms with van der Waals surface area (Å²) in [6.45, 7) is 2.67. The maximum atomic E-state index is 12.3. The summed E-state index contributed by atoms with van der Waals surface area (Å²) in [7, 11) is 1.68. The number of nitrogens with zero attached hydrogens (tertiary/aromatic N) is 1. The van der Waals surface area contributed by atoms with E-state index < -0.39 is 0 Å². The van der Waals surface area contributed by atoms with Gasteiger partial charge in [-0.15, -0.1) is 0 Å². The molecule has 5 heteroatoms. The molecule has 22 heavy (non-hydrogen) atoms. The minimum absolute atomic E-state index is 0.105. The molecule has 1 fully saturated rings. The Balaban J connectivity index is 1.71. The van der Waals surface area contributed by atoms with Gasteiger partial charge < -0.3 is 14.4 Å². The molecule has 1 aromatic rings. The van der Waals surface area contributed by atoms with Crippen molar-refractivity contribution in [3.63, 3.8) is 0 Å². The van der Waals surface area contributed by atoms with E-state index in [0.717, 1.165) is 24.3 Å². The van der Waals surface area contributed by atoms with Crippen LogP contribution in [0.25, 0.3) is 0 Å². The normalized spacial score (nSPS) is 18.5. The number of hydrogen-bond acceptors (Lipinski definition) is 3. The van der Waals surface area contributed by atoms with Gasteiger partial charge in [-0.1, -0.05) is 23.7 Å². The number of amides is 1. The molecule has 1 atom stereocenters. The molecule has 1 unspecified atom stereocenters. The Morgan fingerprint density at radius 3 is 2.91 bits per heavy atom. The molecule has 1 saturated heterocycles. The first-order valence-electron chi connectivity index (χ1n) is 7.82. The van der Waals surface area contributed by atoms with Crippen molar-refractivity contribution < 1.29 is 14.3 Å². The number of hydrogen-bond donors (Lipinski definition) is 0. The van der Waals surface area contributed by atoms with Gasteiger partial charge in [0.05, 0.1) is 12.7 Å². The van der Waals surface area contributed by atoms with Crippen molar-refractivity contribution in [1.82, 2.24) is 4.90 Å². The van der Waals surface area contributed by atoms with Crippen LogP contribution in [0.4, 0.5) is 0 Å². The van der Waals surface area contributed by atoms with Crippen LogP contribution in [-0.4, -0.2) is 50.3 Å². The van der Waals surface area contributed by atoms with E-state index in [1.165, 1.54) is 5.56 Å². The number of methoxy groups -OCH3 is 1. The minimum atomic E-state index is 0.105. The maximum Gasteiger partial charge on any atom is 0.222 e. The predicted molar refractivity (Wildman–Crippen MR) is 87.2 cm³/mol. The second-order valence-electron chi connectivity index (χ2n) is 5.59.